The first-order valence-electron chi connectivity index (χ1n) is 6.07. The molecule has 0 aliphatic carbocycles. The van der Waals surface area contributed by atoms with Crippen LogP contribution in [0.4, 0.5) is 0 Å². The summed E-state index contributed by atoms with van der Waals surface area (Å²) in [6.45, 7) is 4.41. The number of alkyl halides is 1. The van der Waals surface area contributed by atoms with Gasteiger partial charge in [0.15, 0.2) is 0 Å². The second-order valence-electron chi connectivity index (χ2n) is 4.74. The van der Waals surface area contributed by atoms with Gasteiger partial charge in [-0.2, -0.15) is 0 Å². The van der Waals surface area contributed by atoms with Gasteiger partial charge in [0.25, 0.3) is 0 Å². The SMILES string of the molecule is CC(C)c1ccc(C(Br)c2cccc(Cl)c2)cc1. The summed E-state index contributed by atoms with van der Waals surface area (Å²) >= 11 is 9.75. The van der Waals surface area contributed by atoms with Crippen LogP contribution in [0.1, 0.15) is 41.3 Å². The molecule has 18 heavy (non-hydrogen) atoms. The fraction of sp³-hybridized carbons (Fsp3) is 0.250. The van der Waals surface area contributed by atoms with Gasteiger partial charge in [-0.3, -0.25) is 0 Å². The van der Waals surface area contributed by atoms with Gasteiger partial charge < -0.3 is 0 Å². The zero-order chi connectivity index (χ0) is 13.1. The van der Waals surface area contributed by atoms with Crippen LogP contribution >= 0.6 is 27.5 Å². The molecule has 0 fully saturated rings. The lowest BCUT2D eigenvalue weighted by Gasteiger charge is -2.13. The van der Waals surface area contributed by atoms with Crippen LogP contribution in [-0.4, -0.2) is 0 Å². The van der Waals surface area contributed by atoms with Crippen LogP contribution in [0.2, 0.25) is 5.02 Å². The first-order chi connectivity index (χ1) is 8.58. The molecular weight excluding hydrogens is 308 g/mol. The summed E-state index contributed by atoms with van der Waals surface area (Å²) in [5.41, 5.74) is 3.80. The van der Waals surface area contributed by atoms with E-state index in [9.17, 15) is 0 Å². The number of hydrogen-bond donors (Lipinski definition) is 0. The van der Waals surface area contributed by atoms with E-state index < -0.39 is 0 Å². The summed E-state index contributed by atoms with van der Waals surface area (Å²) in [5.74, 6) is 0.569. The summed E-state index contributed by atoms with van der Waals surface area (Å²) in [6, 6.07) is 16.7. The average Bonchev–Trinajstić information content (AvgIpc) is 2.38. The maximum Gasteiger partial charge on any atom is 0.0645 e. The second-order valence-corrected chi connectivity index (χ2v) is 6.09. The van der Waals surface area contributed by atoms with Gasteiger partial charge in [0.1, 0.15) is 0 Å². The van der Waals surface area contributed by atoms with Crippen molar-refractivity contribution < 1.29 is 0 Å². The molecule has 2 aromatic rings. The number of rotatable bonds is 3. The van der Waals surface area contributed by atoms with Crippen LogP contribution in [0.3, 0.4) is 0 Å². The predicted octanol–water partition coefficient (Wildman–Crippen LogP) is 5.95. The lowest BCUT2D eigenvalue weighted by atomic mass is 9.99. The Bertz CT molecular complexity index is 517. The smallest absolute Gasteiger partial charge is 0.0645 e. The molecule has 94 valence electrons. The third-order valence-corrected chi connectivity index (χ3v) is 4.33. The van der Waals surface area contributed by atoms with E-state index in [1.165, 1.54) is 16.7 Å². The van der Waals surface area contributed by atoms with Gasteiger partial charge in [0, 0.05) is 5.02 Å². The third-order valence-electron chi connectivity index (χ3n) is 3.04. The molecule has 0 saturated carbocycles. The molecule has 0 N–H and O–H groups in total. The highest BCUT2D eigenvalue weighted by Gasteiger charge is 2.10. The lowest BCUT2D eigenvalue weighted by molar-refractivity contribution is 0.865. The van der Waals surface area contributed by atoms with Crippen LogP contribution in [-0.2, 0) is 0 Å². The normalized spacial score (nSPS) is 12.7. The minimum Gasteiger partial charge on any atom is -0.0843 e. The Kier molecular flexibility index (Phi) is 4.47. The van der Waals surface area contributed by atoms with E-state index in [0.29, 0.717) is 5.92 Å². The molecule has 2 aromatic carbocycles. The molecule has 0 amide bonds. The van der Waals surface area contributed by atoms with Crippen molar-refractivity contribution in [1.29, 1.82) is 0 Å². The lowest BCUT2D eigenvalue weighted by Crippen LogP contribution is -1.94. The van der Waals surface area contributed by atoms with Crippen molar-refractivity contribution in [3.05, 3.63) is 70.2 Å². The van der Waals surface area contributed by atoms with Gasteiger partial charge in [0.05, 0.1) is 4.83 Å². The first kappa shape index (κ1) is 13.6. The van der Waals surface area contributed by atoms with Crippen molar-refractivity contribution in [3.63, 3.8) is 0 Å². The van der Waals surface area contributed by atoms with Gasteiger partial charge in [0.2, 0.25) is 0 Å². The van der Waals surface area contributed by atoms with Gasteiger partial charge in [-0.25, -0.2) is 0 Å². The fourth-order valence-corrected chi connectivity index (χ4v) is 2.70. The van der Waals surface area contributed by atoms with Crippen LogP contribution in [0.25, 0.3) is 0 Å². The van der Waals surface area contributed by atoms with Gasteiger partial charge in [-0.15, -0.1) is 0 Å². The molecular formula is C16H16BrCl. The van der Waals surface area contributed by atoms with Crippen LogP contribution in [0.15, 0.2) is 48.5 Å². The Morgan fingerprint density at radius 2 is 1.50 bits per heavy atom. The highest BCUT2D eigenvalue weighted by atomic mass is 79.9. The second kappa shape index (κ2) is 5.90. The highest BCUT2D eigenvalue weighted by molar-refractivity contribution is 9.09. The molecule has 1 atom stereocenters. The third kappa shape index (κ3) is 3.15. The number of benzene rings is 2. The van der Waals surface area contributed by atoms with Crippen LogP contribution < -0.4 is 0 Å². The molecule has 0 heterocycles. The van der Waals surface area contributed by atoms with E-state index in [-0.39, 0.29) is 4.83 Å². The molecule has 0 nitrogen and oxygen atoms in total. The van der Waals surface area contributed by atoms with Crippen molar-refractivity contribution in [2.45, 2.75) is 24.6 Å². The van der Waals surface area contributed by atoms with E-state index in [0.717, 1.165) is 5.02 Å². The number of hydrogen-bond acceptors (Lipinski definition) is 0. The van der Waals surface area contributed by atoms with Gasteiger partial charge >= 0.3 is 0 Å². The highest BCUT2D eigenvalue weighted by Crippen LogP contribution is 2.32. The summed E-state index contributed by atoms with van der Waals surface area (Å²) < 4.78 is 0. The van der Waals surface area contributed by atoms with E-state index in [2.05, 4.69) is 60.1 Å². The zero-order valence-corrected chi connectivity index (χ0v) is 12.9. The standard InChI is InChI=1S/C16H16BrCl/c1-11(2)12-6-8-13(9-7-12)16(17)14-4-3-5-15(18)10-14/h3-11,16H,1-2H3. The average molecular weight is 324 g/mol. The first-order valence-corrected chi connectivity index (χ1v) is 7.36. The summed E-state index contributed by atoms with van der Waals surface area (Å²) in [7, 11) is 0. The molecule has 0 spiro atoms. The molecule has 0 aromatic heterocycles. The Balaban J connectivity index is 2.26. The summed E-state index contributed by atoms with van der Waals surface area (Å²) in [6.07, 6.45) is 0. The topological polar surface area (TPSA) is 0 Å². The minimum atomic E-state index is 0.192. The van der Waals surface area contributed by atoms with E-state index >= 15 is 0 Å². The van der Waals surface area contributed by atoms with Crippen LogP contribution in [0.5, 0.6) is 0 Å². The van der Waals surface area contributed by atoms with Crippen molar-refractivity contribution in [2.75, 3.05) is 0 Å². The summed E-state index contributed by atoms with van der Waals surface area (Å²) in [5, 5.41) is 0.774. The summed E-state index contributed by atoms with van der Waals surface area (Å²) in [4.78, 5) is 0.192. The zero-order valence-electron chi connectivity index (χ0n) is 10.5. The minimum absolute atomic E-state index is 0.192. The Morgan fingerprint density at radius 3 is 2.06 bits per heavy atom. The maximum atomic E-state index is 6.02. The maximum absolute atomic E-state index is 6.02. The van der Waals surface area contributed by atoms with Gasteiger partial charge in [-0.1, -0.05) is 77.8 Å². The predicted molar refractivity (Wildman–Crippen MR) is 82.8 cm³/mol. The Morgan fingerprint density at radius 1 is 0.889 bits per heavy atom. The molecule has 0 aliphatic heterocycles. The van der Waals surface area contributed by atoms with E-state index in [1.807, 2.05) is 18.2 Å². The van der Waals surface area contributed by atoms with Crippen molar-refractivity contribution in [3.8, 4) is 0 Å². The molecule has 0 bridgehead atoms. The molecule has 2 rings (SSSR count). The van der Waals surface area contributed by atoms with Crippen LogP contribution in [0, 0.1) is 0 Å². The molecule has 0 radical (unpaired) electrons. The molecule has 0 aliphatic rings. The largest absolute Gasteiger partial charge is 0.0843 e. The number of halogens is 2. The Labute approximate surface area is 122 Å². The fourth-order valence-electron chi connectivity index (χ4n) is 1.91. The Hall–Kier alpha value is -0.790. The van der Waals surface area contributed by atoms with E-state index in [4.69, 9.17) is 11.6 Å². The van der Waals surface area contributed by atoms with Gasteiger partial charge in [-0.05, 0) is 34.7 Å². The quantitative estimate of drug-likeness (QED) is 0.612. The van der Waals surface area contributed by atoms with Crippen molar-refractivity contribution in [1.82, 2.24) is 0 Å². The molecule has 2 heteroatoms. The monoisotopic (exact) mass is 322 g/mol. The molecule has 0 saturated heterocycles. The van der Waals surface area contributed by atoms with E-state index in [1.54, 1.807) is 0 Å². The van der Waals surface area contributed by atoms with Crippen molar-refractivity contribution in [2.24, 2.45) is 0 Å². The molecule has 1 unspecified atom stereocenters. The van der Waals surface area contributed by atoms with Crippen molar-refractivity contribution >= 4 is 27.5 Å².